The number of amides is 2. The van der Waals surface area contributed by atoms with E-state index in [9.17, 15) is 13.2 Å². The van der Waals surface area contributed by atoms with Gasteiger partial charge >= 0.3 is 6.03 Å². The van der Waals surface area contributed by atoms with Crippen LogP contribution in [-0.4, -0.2) is 72.5 Å². The fourth-order valence-electron chi connectivity index (χ4n) is 4.35. The van der Waals surface area contributed by atoms with Gasteiger partial charge in [-0.15, -0.1) is 0 Å². The SMILES string of the molecule is O=C(N1CCCC1)N1CC2(C1)[C@H](COCc1cccnc1)CCS2(=O)=O. The molecule has 0 aliphatic carbocycles. The fraction of sp³-hybridized carbons (Fsp3) is 0.667. The van der Waals surface area contributed by atoms with Crippen molar-refractivity contribution >= 4 is 15.9 Å². The molecule has 0 bridgehead atoms. The minimum absolute atomic E-state index is 0.00902. The third-order valence-electron chi connectivity index (χ3n) is 5.97. The lowest BCUT2D eigenvalue weighted by Crippen LogP contribution is -2.70. The average Bonchev–Trinajstić information content (AvgIpc) is 3.21. The molecule has 0 radical (unpaired) electrons. The van der Waals surface area contributed by atoms with E-state index < -0.39 is 14.6 Å². The van der Waals surface area contributed by atoms with Gasteiger partial charge in [-0.25, -0.2) is 13.2 Å². The van der Waals surface area contributed by atoms with Crippen LogP contribution in [0.1, 0.15) is 24.8 Å². The zero-order chi connectivity index (χ0) is 18.2. The number of urea groups is 1. The first-order valence-electron chi connectivity index (χ1n) is 9.25. The molecule has 1 atom stereocenters. The van der Waals surface area contributed by atoms with Gasteiger partial charge in [-0.05, 0) is 30.9 Å². The van der Waals surface area contributed by atoms with E-state index >= 15 is 0 Å². The smallest absolute Gasteiger partial charge is 0.320 e. The van der Waals surface area contributed by atoms with Gasteiger partial charge in [0.25, 0.3) is 0 Å². The first-order valence-corrected chi connectivity index (χ1v) is 10.9. The van der Waals surface area contributed by atoms with Crippen LogP contribution in [0.25, 0.3) is 0 Å². The van der Waals surface area contributed by atoms with E-state index in [1.54, 1.807) is 17.3 Å². The Bertz CT molecular complexity index is 756. The quantitative estimate of drug-likeness (QED) is 0.788. The second kappa shape index (κ2) is 6.81. The summed E-state index contributed by atoms with van der Waals surface area (Å²) < 4.78 is 30.4. The Morgan fingerprint density at radius 1 is 1.27 bits per heavy atom. The summed E-state index contributed by atoms with van der Waals surface area (Å²) in [7, 11) is -3.19. The van der Waals surface area contributed by atoms with E-state index in [0.717, 1.165) is 31.5 Å². The number of ether oxygens (including phenoxy) is 1. The van der Waals surface area contributed by atoms with Crippen LogP contribution in [0.15, 0.2) is 24.5 Å². The molecule has 3 fully saturated rings. The molecule has 2 amide bonds. The van der Waals surface area contributed by atoms with E-state index in [4.69, 9.17) is 4.74 Å². The van der Waals surface area contributed by atoms with Crippen molar-refractivity contribution in [3.05, 3.63) is 30.1 Å². The maximum atomic E-state index is 12.7. The molecule has 4 rings (SSSR count). The number of likely N-dealkylation sites (tertiary alicyclic amines) is 2. The molecule has 26 heavy (non-hydrogen) atoms. The summed E-state index contributed by atoms with van der Waals surface area (Å²) in [5, 5.41) is 0. The number of carbonyl (C=O) groups excluding carboxylic acids is 1. The van der Waals surface area contributed by atoms with Crippen molar-refractivity contribution in [1.82, 2.24) is 14.8 Å². The zero-order valence-electron chi connectivity index (χ0n) is 14.8. The Hall–Kier alpha value is -1.67. The Labute approximate surface area is 154 Å². The molecular formula is C18H25N3O4S. The van der Waals surface area contributed by atoms with E-state index in [2.05, 4.69) is 4.98 Å². The molecule has 3 aliphatic rings. The molecule has 1 spiro atoms. The number of hydrogen-bond donors (Lipinski definition) is 0. The van der Waals surface area contributed by atoms with Crippen molar-refractivity contribution in [1.29, 1.82) is 0 Å². The first-order chi connectivity index (χ1) is 12.5. The van der Waals surface area contributed by atoms with Crippen LogP contribution >= 0.6 is 0 Å². The van der Waals surface area contributed by atoms with Gasteiger partial charge in [0.1, 0.15) is 4.75 Å². The number of pyridine rings is 1. The molecule has 8 heteroatoms. The van der Waals surface area contributed by atoms with E-state index in [1.165, 1.54) is 0 Å². The summed E-state index contributed by atoms with van der Waals surface area (Å²) in [4.78, 5) is 20.1. The van der Waals surface area contributed by atoms with E-state index in [1.807, 2.05) is 17.0 Å². The molecular weight excluding hydrogens is 354 g/mol. The first kappa shape index (κ1) is 17.7. The molecule has 0 saturated carbocycles. The van der Waals surface area contributed by atoms with Crippen molar-refractivity contribution in [3.63, 3.8) is 0 Å². The van der Waals surface area contributed by atoms with Crippen LogP contribution < -0.4 is 0 Å². The monoisotopic (exact) mass is 379 g/mol. The summed E-state index contributed by atoms with van der Waals surface area (Å²) in [5.74, 6) is 0.145. The lowest BCUT2D eigenvalue weighted by atomic mass is 9.84. The van der Waals surface area contributed by atoms with Crippen molar-refractivity contribution < 1.29 is 17.9 Å². The predicted octanol–water partition coefficient (Wildman–Crippen LogP) is 1.30. The number of hydrogen-bond acceptors (Lipinski definition) is 5. The number of rotatable bonds is 4. The Morgan fingerprint density at radius 3 is 2.73 bits per heavy atom. The van der Waals surface area contributed by atoms with Crippen molar-refractivity contribution in [2.75, 3.05) is 38.5 Å². The molecule has 142 valence electrons. The van der Waals surface area contributed by atoms with Gasteiger partial charge in [0.05, 0.1) is 19.0 Å². The highest BCUT2D eigenvalue weighted by Crippen LogP contribution is 2.45. The van der Waals surface area contributed by atoms with Gasteiger partial charge in [0.2, 0.25) is 0 Å². The minimum atomic E-state index is -3.19. The Balaban J connectivity index is 1.38. The van der Waals surface area contributed by atoms with Crippen LogP contribution in [-0.2, 0) is 21.2 Å². The number of sulfone groups is 1. The zero-order valence-corrected chi connectivity index (χ0v) is 15.7. The lowest BCUT2D eigenvalue weighted by molar-refractivity contribution is 0.0309. The maximum absolute atomic E-state index is 12.7. The topological polar surface area (TPSA) is 79.8 Å². The second-order valence-corrected chi connectivity index (χ2v) is 10.0. The molecule has 3 aliphatic heterocycles. The Kier molecular flexibility index (Phi) is 4.64. The van der Waals surface area contributed by atoms with Crippen LogP contribution in [0.2, 0.25) is 0 Å². The van der Waals surface area contributed by atoms with Gasteiger partial charge in [-0.2, -0.15) is 0 Å². The third-order valence-corrected chi connectivity index (χ3v) is 8.58. The molecule has 7 nitrogen and oxygen atoms in total. The third kappa shape index (κ3) is 2.99. The molecule has 0 unspecified atom stereocenters. The van der Waals surface area contributed by atoms with Crippen molar-refractivity contribution in [2.45, 2.75) is 30.6 Å². The minimum Gasteiger partial charge on any atom is -0.376 e. The molecule has 1 aromatic rings. The highest BCUT2D eigenvalue weighted by molar-refractivity contribution is 7.93. The molecule has 1 aromatic heterocycles. The molecule has 3 saturated heterocycles. The Morgan fingerprint density at radius 2 is 2.04 bits per heavy atom. The second-order valence-electron chi connectivity index (χ2n) is 7.58. The fourth-order valence-corrected chi connectivity index (χ4v) is 6.75. The standard InChI is InChI=1S/C18H25N3O4S/c22-17(20-7-1-2-8-20)21-13-18(14-21)16(5-9-26(18,23)24)12-25-11-15-4-3-6-19-10-15/h3-4,6,10,16H,1-2,5,7-9,11-14H2/t16-/m0/s1. The van der Waals surface area contributed by atoms with Gasteiger partial charge in [0, 0.05) is 44.5 Å². The van der Waals surface area contributed by atoms with Crippen LogP contribution in [0, 0.1) is 5.92 Å². The van der Waals surface area contributed by atoms with Crippen molar-refractivity contribution in [3.8, 4) is 0 Å². The van der Waals surface area contributed by atoms with Crippen molar-refractivity contribution in [2.24, 2.45) is 5.92 Å². The lowest BCUT2D eigenvalue weighted by Gasteiger charge is -2.50. The van der Waals surface area contributed by atoms with Crippen LogP contribution in [0.3, 0.4) is 0 Å². The summed E-state index contributed by atoms with van der Waals surface area (Å²) in [6.45, 7) is 3.02. The van der Waals surface area contributed by atoms with Gasteiger partial charge in [-0.3, -0.25) is 4.98 Å². The maximum Gasteiger partial charge on any atom is 0.320 e. The van der Waals surface area contributed by atoms with Gasteiger partial charge in [0.15, 0.2) is 9.84 Å². The molecule has 4 heterocycles. The summed E-state index contributed by atoms with van der Waals surface area (Å²) in [6, 6.07) is 3.78. The molecule has 0 aromatic carbocycles. The summed E-state index contributed by atoms with van der Waals surface area (Å²) in [5.41, 5.74) is 0.974. The predicted molar refractivity (Wildman–Crippen MR) is 96.3 cm³/mol. The largest absolute Gasteiger partial charge is 0.376 e. The summed E-state index contributed by atoms with van der Waals surface area (Å²) >= 11 is 0. The van der Waals surface area contributed by atoms with E-state index in [-0.39, 0.29) is 17.7 Å². The molecule has 0 N–H and O–H groups in total. The normalized spacial score (nSPS) is 26.2. The summed E-state index contributed by atoms with van der Waals surface area (Å²) in [6.07, 6.45) is 6.14. The highest BCUT2D eigenvalue weighted by Gasteiger charge is 2.62. The average molecular weight is 379 g/mol. The number of carbonyl (C=O) groups is 1. The van der Waals surface area contributed by atoms with Gasteiger partial charge in [-0.1, -0.05) is 6.07 Å². The van der Waals surface area contributed by atoms with Crippen LogP contribution in [0.5, 0.6) is 0 Å². The van der Waals surface area contributed by atoms with Gasteiger partial charge < -0.3 is 14.5 Å². The highest BCUT2D eigenvalue weighted by atomic mass is 32.2. The van der Waals surface area contributed by atoms with Crippen LogP contribution in [0.4, 0.5) is 4.79 Å². The number of aromatic nitrogens is 1. The van der Waals surface area contributed by atoms with E-state index in [0.29, 0.717) is 32.7 Å². The number of nitrogens with zero attached hydrogens (tertiary/aromatic N) is 3.